The lowest BCUT2D eigenvalue weighted by Gasteiger charge is -2.27. The fourth-order valence-corrected chi connectivity index (χ4v) is 4.78. The van der Waals surface area contributed by atoms with Crippen molar-refractivity contribution >= 4 is 34.8 Å². The first-order valence-corrected chi connectivity index (χ1v) is 11.2. The standard InChI is InChI=1S/C23H25N7O2/c1-15(31)29-7-5-18(14-29)30-22-19(13-25-30)21(17-3-2-16-4-6-24-20(16)12-17)26-23(27-22)28-8-10-32-11-9-28/h2-3,6,12-13,18H,4-5,7-11,14H2,1H3. The molecule has 1 aromatic carbocycles. The molecule has 1 amide bonds. The third kappa shape index (κ3) is 3.24. The maximum Gasteiger partial charge on any atom is 0.228 e. The summed E-state index contributed by atoms with van der Waals surface area (Å²) >= 11 is 0. The molecule has 3 aliphatic rings. The van der Waals surface area contributed by atoms with Gasteiger partial charge in [-0.05, 0) is 18.1 Å². The quantitative estimate of drug-likeness (QED) is 0.633. The number of benzene rings is 1. The highest BCUT2D eigenvalue weighted by Crippen LogP contribution is 2.35. The molecular weight excluding hydrogens is 406 g/mol. The number of hydrogen-bond donors (Lipinski definition) is 0. The van der Waals surface area contributed by atoms with Crippen LogP contribution in [0.15, 0.2) is 29.4 Å². The first-order chi connectivity index (χ1) is 15.7. The molecule has 2 saturated heterocycles. The lowest BCUT2D eigenvalue weighted by molar-refractivity contribution is -0.127. The van der Waals surface area contributed by atoms with Crippen LogP contribution in [-0.2, 0) is 16.0 Å². The number of amides is 1. The van der Waals surface area contributed by atoms with Crippen LogP contribution in [0, 0.1) is 0 Å². The molecule has 0 spiro atoms. The predicted octanol–water partition coefficient (Wildman–Crippen LogP) is 2.38. The molecule has 3 aromatic rings. The summed E-state index contributed by atoms with van der Waals surface area (Å²) in [6.45, 7) is 5.88. The topological polar surface area (TPSA) is 88.7 Å². The molecule has 2 aromatic heterocycles. The molecule has 0 aliphatic carbocycles. The number of hydrogen-bond acceptors (Lipinski definition) is 7. The van der Waals surface area contributed by atoms with E-state index in [2.05, 4.69) is 28.1 Å². The Morgan fingerprint density at radius 3 is 2.84 bits per heavy atom. The zero-order valence-corrected chi connectivity index (χ0v) is 18.1. The molecule has 1 unspecified atom stereocenters. The molecule has 2 fully saturated rings. The summed E-state index contributed by atoms with van der Waals surface area (Å²) in [4.78, 5) is 30.4. The fourth-order valence-electron chi connectivity index (χ4n) is 4.78. The Morgan fingerprint density at radius 1 is 1.16 bits per heavy atom. The summed E-state index contributed by atoms with van der Waals surface area (Å²) in [6, 6.07) is 6.46. The highest BCUT2D eigenvalue weighted by atomic mass is 16.5. The number of morpholine rings is 1. The van der Waals surface area contributed by atoms with Gasteiger partial charge in [0.2, 0.25) is 11.9 Å². The van der Waals surface area contributed by atoms with Crippen LogP contribution in [0.25, 0.3) is 22.3 Å². The van der Waals surface area contributed by atoms with Crippen LogP contribution in [0.2, 0.25) is 0 Å². The van der Waals surface area contributed by atoms with E-state index in [4.69, 9.17) is 19.8 Å². The first kappa shape index (κ1) is 19.4. The molecular formula is C23H25N7O2. The molecule has 164 valence electrons. The molecule has 9 heteroatoms. The van der Waals surface area contributed by atoms with Crippen molar-refractivity contribution in [2.75, 3.05) is 44.3 Å². The van der Waals surface area contributed by atoms with Crippen molar-refractivity contribution in [3.05, 3.63) is 30.0 Å². The number of rotatable bonds is 3. The number of nitrogens with zero attached hydrogens (tertiary/aromatic N) is 7. The molecule has 0 radical (unpaired) electrons. The van der Waals surface area contributed by atoms with E-state index in [1.54, 1.807) is 6.92 Å². The second-order valence-electron chi connectivity index (χ2n) is 8.56. The van der Waals surface area contributed by atoms with Crippen molar-refractivity contribution in [2.45, 2.75) is 25.8 Å². The summed E-state index contributed by atoms with van der Waals surface area (Å²) in [5.41, 5.74) is 4.94. The number of aromatic nitrogens is 4. The molecule has 6 rings (SSSR count). The van der Waals surface area contributed by atoms with Gasteiger partial charge in [0.05, 0.1) is 42.2 Å². The number of aliphatic imine (C=N–C) groups is 1. The van der Waals surface area contributed by atoms with Crippen LogP contribution in [-0.4, -0.2) is 76.2 Å². The monoisotopic (exact) mass is 431 g/mol. The Hall–Kier alpha value is -3.33. The summed E-state index contributed by atoms with van der Waals surface area (Å²) < 4.78 is 7.52. The summed E-state index contributed by atoms with van der Waals surface area (Å²) in [7, 11) is 0. The van der Waals surface area contributed by atoms with Crippen LogP contribution in [0.1, 0.15) is 24.9 Å². The minimum Gasteiger partial charge on any atom is -0.378 e. The van der Waals surface area contributed by atoms with E-state index in [1.807, 2.05) is 22.0 Å². The molecule has 0 bridgehead atoms. The van der Waals surface area contributed by atoms with Gasteiger partial charge in [0.25, 0.3) is 0 Å². The van der Waals surface area contributed by atoms with Crippen molar-refractivity contribution in [1.82, 2.24) is 24.6 Å². The molecule has 9 nitrogen and oxygen atoms in total. The molecule has 32 heavy (non-hydrogen) atoms. The van der Waals surface area contributed by atoms with Gasteiger partial charge in [0.15, 0.2) is 5.65 Å². The minimum absolute atomic E-state index is 0.104. The predicted molar refractivity (Wildman–Crippen MR) is 122 cm³/mol. The maximum absolute atomic E-state index is 11.9. The average Bonchev–Trinajstić information content (AvgIpc) is 3.57. The highest BCUT2D eigenvalue weighted by Gasteiger charge is 2.29. The number of carbonyl (C=O) groups excluding carboxylic acids is 1. The van der Waals surface area contributed by atoms with Gasteiger partial charge in [-0.1, -0.05) is 12.1 Å². The zero-order valence-electron chi connectivity index (χ0n) is 18.1. The van der Waals surface area contributed by atoms with Gasteiger partial charge in [-0.15, -0.1) is 0 Å². The number of carbonyl (C=O) groups is 1. The van der Waals surface area contributed by atoms with Crippen LogP contribution in [0.5, 0.6) is 0 Å². The lowest BCUT2D eigenvalue weighted by atomic mass is 10.0. The van der Waals surface area contributed by atoms with E-state index in [1.165, 1.54) is 5.56 Å². The van der Waals surface area contributed by atoms with Gasteiger partial charge in [-0.25, -0.2) is 9.67 Å². The highest BCUT2D eigenvalue weighted by molar-refractivity contribution is 5.92. The van der Waals surface area contributed by atoms with Crippen molar-refractivity contribution in [1.29, 1.82) is 0 Å². The first-order valence-electron chi connectivity index (χ1n) is 11.2. The van der Waals surface area contributed by atoms with Crippen molar-refractivity contribution in [2.24, 2.45) is 4.99 Å². The van der Waals surface area contributed by atoms with E-state index in [0.717, 1.165) is 60.5 Å². The second-order valence-corrected chi connectivity index (χ2v) is 8.56. The number of ether oxygens (including phenoxy) is 1. The largest absolute Gasteiger partial charge is 0.378 e. The van der Waals surface area contributed by atoms with Gasteiger partial charge in [0.1, 0.15) is 0 Å². The van der Waals surface area contributed by atoms with Gasteiger partial charge in [0, 0.05) is 51.3 Å². The molecule has 5 heterocycles. The molecule has 0 N–H and O–H groups in total. The Kier molecular flexibility index (Phi) is 4.64. The van der Waals surface area contributed by atoms with E-state index < -0.39 is 0 Å². The van der Waals surface area contributed by atoms with Crippen molar-refractivity contribution in [3.8, 4) is 11.3 Å². The molecule has 0 saturated carbocycles. The Balaban J connectivity index is 1.48. The molecule has 1 atom stereocenters. The third-order valence-electron chi connectivity index (χ3n) is 6.59. The van der Waals surface area contributed by atoms with E-state index in [-0.39, 0.29) is 11.9 Å². The van der Waals surface area contributed by atoms with E-state index in [0.29, 0.717) is 25.7 Å². The fraction of sp³-hybridized carbons (Fsp3) is 0.435. The van der Waals surface area contributed by atoms with E-state index >= 15 is 0 Å². The minimum atomic E-state index is 0.104. The maximum atomic E-state index is 11.9. The van der Waals surface area contributed by atoms with Gasteiger partial charge < -0.3 is 14.5 Å². The zero-order chi connectivity index (χ0) is 21.7. The van der Waals surface area contributed by atoms with Crippen LogP contribution >= 0.6 is 0 Å². The summed E-state index contributed by atoms with van der Waals surface area (Å²) in [5.74, 6) is 0.801. The Bertz CT molecular complexity index is 1230. The van der Waals surface area contributed by atoms with Crippen LogP contribution in [0.3, 0.4) is 0 Å². The van der Waals surface area contributed by atoms with Gasteiger partial charge in [-0.2, -0.15) is 10.1 Å². The van der Waals surface area contributed by atoms with Gasteiger partial charge in [-0.3, -0.25) is 9.79 Å². The van der Waals surface area contributed by atoms with Crippen molar-refractivity contribution in [3.63, 3.8) is 0 Å². The number of likely N-dealkylation sites (tertiary alicyclic amines) is 1. The number of fused-ring (bicyclic) bond motifs is 2. The number of anilines is 1. The SMILES string of the molecule is CC(=O)N1CCC(n2ncc3c(-c4ccc5c(c4)N=CC5)nc(N4CCOCC4)nc32)C1. The van der Waals surface area contributed by atoms with E-state index in [9.17, 15) is 4.79 Å². The summed E-state index contributed by atoms with van der Waals surface area (Å²) in [5, 5.41) is 5.64. The van der Waals surface area contributed by atoms with Crippen LogP contribution < -0.4 is 4.90 Å². The summed E-state index contributed by atoms with van der Waals surface area (Å²) in [6.07, 6.45) is 5.55. The van der Waals surface area contributed by atoms with Gasteiger partial charge >= 0.3 is 0 Å². The second kappa shape index (κ2) is 7.67. The third-order valence-corrected chi connectivity index (χ3v) is 6.59. The average molecular weight is 432 g/mol. The Labute approximate surface area is 185 Å². The van der Waals surface area contributed by atoms with Crippen LogP contribution in [0.4, 0.5) is 11.6 Å². The van der Waals surface area contributed by atoms with Crippen molar-refractivity contribution < 1.29 is 9.53 Å². The lowest BCUT2D eigenvalue weighted by Crippen LogP contribution is -2.37. The normalized spacial score (nSPS) is 20.3. The molecule has 3 aliphatic heterocycles. The smallest absolute Gasteiger partial charge is 0.228 e. The Morgan fingerprint density at radius 2 is 2.03 bits per heavy atom.